The van der Waals surface area contributed by atoms with Crippen molar-refractivity contribution in [2.45, 2.75) is 13.3 Å². The van der Waals surface area contributed by atoms with Crippen molar-refractivity contribution >= 4 is 22.7 Å². The number of nitrogens with zero attached hydrogens (tertiary/aromatic N) is 1. The van der Waals surface area contributed by atoms with Crippen LogP contribution in [-0.4, -0.2) is 30.0 Å². The molecule has 0 saturated carbocycles. The number of benzene rings is 2. The molecule has 1 aromatic heterocycles. The molecule has 0 radical (unpaired) electrons. The van der Waals surface area contributed by atoms with Crippen LogP contribution in [0.2, 0.25) is 0 Å². The summed E-state index contributed by atoms with van der Waals surface area (Å²) in [4.78, 5) is 24.3. The molecule has 6 heteroatoms. The molecule has 1 heterocycles. The van der Waals surface area contributed by atoms with E-state index in [2.05, 4.69) is 5.32 Å². The van der Waals surface area contributed by atoms with Gasteiger partial charge in [0.15, 0.2) is 0 Å². The lowest BCUT2D eigenvalue weighted by Crippen LogP contribution is -2.25. The maximum atomic E-state index is 13.6. The molecule has 1 N–H and O–H groups in total. The summed E-state index contributed by atoms with van der Waals surface area (Å²) in [6.07, 6.45) is 2.08. The van der Waals surface area contributed by atoms with Crippen LogP contribution in [0.4, 0.5) is 4.39 Å². The van der Waals surface area contributed by atoms with Gasteiger partial charge in [0.1, 0.15) is 11.6 Å². The Morgan fingerprint density at radius 2 is 2.00 bits per heavy atom. The van der Waals surface area contributed by atoms with E-state index in [-0.39, 0.29) is 17.4 Å². The highest BCUT2D eigenvalue weighted by atomic mass is 19.1. The molecular formula is C20H19FN2O3. The third kappa shape index (κ3) is 3.59. The zero-order valence-corrected chi connectivity index (χ0v) is 14.6. The molecular weight excluding hydrogens is 335 g/mol. The molecule has 3 rings (SSSR count). The first-order valence-corrected chi connectivity index (χ1v) is 8.22. The van der Waals surface area contributed by atoms with Crippen LogP contribution in [0, 0.1) is 5.82 Å². The molecule has 0 aliphatic rings. The number of hydrogen-bond acceptors (Lipinski definition) is 3. The highest BCUT2D eigenvalue weighted by Gasteiger charge is 2.17. The number of hydrogen-bond donors (Lipinski definition) is 1. The second-order valence-electron chi connectivity index (χ2n) is 5.95. The molecule has 0 aliphatic carbocycles. The maximum absolute atomic E-state index is 13.6. The SMILES string of the molecule is COc1cccc(CCNC(=O)c2cn(C(C)=O)c3ccc(F)cc23)c1. The van der Waals surface area contributed by atoms with Crippen molar-refractivity contribution in [3.63, 3.8) is 0 Å². The van der Waals surface area contributed by atoms with E-state index in [9.17, 15) is 14.0 Å². The summed E-state index contributed by atoms with van der Waals surface area (Å²) in [5.74, 6) is -0.279. The first kappa shape index (κ1) is 17.7. The van der Waals surface area contributed by atoms with Gasteiger partial charge >= 0.3 is 0 Å². The van der Waals surface area contributed by atoms with E-state index in [1.165, 1.54) is 35.9 Å². The van der Waals surface area contributed by atoms with Gasteiger partial charge in [-0.25, -0.2) is 4.39 Å². The van der Waals surface area contributed by atoms with Gasteiger partial charge in [-0.3, -0.25) is 14.2 Å². The van der Waals surface area contributed by atoms with Crippen molar-refractivity contribution in [1.29, 1.82) is 0 Å². The van der Waals surface area contributed by atoms with E-state index in [1.807, 2.05) is 24.3 Å². The average molecular weight is 354 g/mol. The second kappa shape index (κ2) is 7.39. The van der Waals surface area contributed by atoms with Crippen LogP contribution in [-0.2, 0) is 6.42 Å². The molecule has 5 nitrogen and oxygen atoms in total. The number of amides is 1. The second-order valence-corrected chi connectivity index (χ2v) is 5.95. The number of ether oxygens (including phenoxy) is 1. The maximum Gasteiger partial charge on any atom is 0.253 e. The van der Waals surface area contributed by atoms with Gasteiger partial charge in [-0.15, -0.1) is 0 Å². The van der Waals surface area contributed by atoms with Gasteiger partial charge in [-0.05, 0) is 42.3 Å². The lowest BCUT2D eigenvalue weighted by molar-refractivity contribution is 0.0941. The summed E-state index contributed by atoms with van der Waals surface area (Å²) >= 11 is 0. The Morgan fingerprint density at radius 1 is 1.19 bits per heavy atom. The Bertz CT molecular complexity index is 978. The van der Waals surface area contributed by atoms with Gasteiger partial charge < -0.3 is 10.1 Å². The van der Waals surface area contributed by atoms with Gasteiger partial charge in [0, 0.05) is 25.1 Å². The van der Waals surface area contributed by atoms with Gasteiger partial charge in [0.25, 0.3) is 5.91 Å². The Kier molecular flexibility index (Phi) is 5.02. The molecule has 0 unspecified atom stereocenters. The Labute approximate surface area is 150 Å². The van der Waals surface area contributed by atoms with Crippen molar-refractivity contribution in [3.8, 4) is 5.75 Å². The van der Waals surface area contributed by atoms with E-state index in [0.29, 0.717) is 23.9 Å². The third-order valence-corrected chi connectivity index (χ3v) is 4.18. The number of nitrogens with one attached hydrogen (secondary N) is 1. The minimum Gasteiger partial charge on any atom is -0.497 e. The summed E-state index contributed by atoms with van der Waals surface area (Å²) in [7, 11) is 1.60. The molecule has 0 saturated heterocycles. The molecule has 0 bridgehead atoms. The summed E-state index contributed by atoms with van der Waals surface area (Å²) in [5, 5.41) is 3.24. The standard InChI is InChI=1S/C20H19FN2O3/c1-13(24)23-12-18(17-11-15(21)6-7-19(17)23)20(25)22-9-8-14-4-3-5-16(10-14)26-2/h3-7,10-12H,8-9H2,1-2H3,(H,22,25). The largest absolute Gasteiger partial charge is 0.497 e. The number of rotatable bonds is 5. The van der Waals surface area contributed by atoms with Crippen LogP contribution in [0.15, 0.2) is 48.7 Å². The van der Waals surface area contributed by atoms with Crippen LogP contribution >= 0.6 is 0 Å². The fourth-order valence-corrected chi connectivity index (χ4v) is 2.89. The summed E-state index contributed by atoms with van der Waals surface area (Å²) in [6.45, 7) is 1.81. The number of carbonyl (C=O) groups excluding carboxylic acids is 2. The molecule has 3 aromatic rings. The minimum absolute atomic E-state index is 0.239. The highest BCUT2D eigenvalue weighted by Crippen LogP contribution is 2.22. The van der Waals surface area contributed by atoms with E-state index >= 15 is 0 Å². The smallest absolute Gasteiger partial charge is 0.253 e. The van der Waals surface area contributed by atoms with E-state index < -0.39 is 5.82 Å². The summed E-state index contributed by atoms with van der Waals surface area (Å²) in [6, 6.07) is 11.6. The fraction of sp³-hybridized carbons (Fsp3) is 0.200. The topological polar surface area (TPSA) is 60.3 Å². The number of methoxy groups -OCH3 is 1. The molecule has 26 heavy (non-hydrogen) atoms. The third-order valence-electron chi connectivity index (χ3n) is 4.18. The predicted octanol–water partition coefficient (Wildman–Crippen LogP) is 3.42. The molecule has 0 aliphatic heterocycles. The summed E-state index contributed by atoms with van der Waals surface area (Å²) in [5.41, 5.74) is 1.82. The molecule has 134 valence electrons. The lowest BCUT2D eigenvalue weighted by atomic mass is 10.1. The normalized spacial score (nSPS) is 10.7. The first-order chi connectivity index (χ1) is 12.5. The van der Waals surface area contributed by atoms with E-state index in [0.717, 1.165) is 11.3 Å². The monoisotopic (exact) mass is 354 g/mol. The number of halogens is 1. The van der Waals surface area contributed by atoms with E-state index in [4.69, 9.17) is 4.74 Å². The zero-order chi connectivity index (χ0) is 18.7. The number of fused-ring (bicyclic) bond motifs is 1. The minimum atomic E-state index is -0.454. The molecule has 0 atom stereocenters. The van der Waals surface area contributed by atoms with Gasteiger partial charge in [0.2, 0.25) is 5.91 Å². The van der Waals surface area contributed by atoms with Crippen LogP contribution in [0.25, 0.3) is 10.9 Å². The predicted molar refractivity (Wildman–Crippen MR) is 97.2 cm³/mol. The van der Waals surface area contributed by atoms with E-state index in [1.54, 1.807) is 7.11 Å². The Hall–Kier alpha value is -3.15. The molecule has 1 amide bonds. The first-order valence-electron chi connectivity index (χ1n) is 8.22. The number of aromatic nitrogens is 1. The van der Waals surface area contributed by atoms with Crippen molar-refractivity contribution in [2.75, 3.05) is 13.7 Å². The van der Waals surface area contributed by atoms with Crippen LogP contribution in [0.3, 0.4) is 0 Å². The quantitative estimate of drug-likeness (QED) is 0.764. The highest BCUT2D eigenvalue weighted by molar-refractivity contribution is 6.09. The molecule has 0 spiro atoms. The summed E-state index contributed by atoms with van der Waals surface area (Å²) < 4.78 is 20.1. The molecule has 2 aromatic carbocycles. The zero-order valence-electron chi connectivity index (χ0n) is 14.6. The van der Waals surface area contributed by atoms with Crippen molar-refractivity contribution in [2.24, 2.45) is 0 Å². The molecule has 0 fully saturated rings. The van der Waals surface area contributed by atoms with Crippen molar-refractivity contribution in [1.82, 2.24) is 9.88 Å². The Balaban J connectivity index is 1.77. The average Bonchev–Trinajstić information content (AvgIpc) is 3.00. The van der Waals surface area contributed by atoms with Crippen LogP contribution < -0.4 is 10.1 Å². The lowest BCUT2D eigenvalue weighted by Gasteiger charge is -2.06. The Morgan fingerprint density at radius 3 is 2.73 bits per heavy atom. The van der Waals surface area contributed by atoms with Crippen molar-refractivity contribution in [3.05, 3.63) is 65.6 Å². The fourth-order valence-electron chi connectivity index (χ4n) is 2.89. The van der Waals surface area contributed by atoms with Crippen LogP contribution in [0.1, 0.15) is 27.6 Å². The van der Waals surface area contributed by atoms with Crippen LogP contribution in [0.5, 0.6) is 5.75 Å². The van der Waals surface area contributed by atoms with Gasteiger partial charge in [-0.1, -0.05) is 12.1 Å². The van der Waals surface area contributed by atoms with Gasteiger partial charge in [0.05, 0.1) is 18.2 Å². The number of carbonyl (C=O) groups is 2. The van der Waals surface area contributed by atoms with Crippen molar-refractivity contribution < 1.29 is 18.7 Å². The van der Waals surface area contributed by atoms with Gasteiger partial charge in [-0.2, -0.15) is 0 Å².